The quantitative estimate of drug-likeness (QED) is 0.347. The van der Waals surface area contributed by atoms with Crippen LogP contribution in [0.1, 0.15) is 19.0 Å². The molecular weight excluding hydrogens is 453 g/mol. The summed E-state index contributed by atoms with van der Waals surface area (Å²) in [4.78, 5) is 48.3. The van der Waals surface area contributed by atoms with Crippen molar-refractivity contribution in [3.05, 3.63) is 53.7 Å². The summed E-state index contributed by atoms with van der Waals surface area (Å²) >= 11 is 1.17. The molecule has 12 heteroatoms. The van der Waals surface area contributed by atoms with E-state index in [1.54, 1.807) is 30.6 Å². The third-order valence-corrected chi connectivity index (χ3v) is 6.05. The van der Waals surface area contributed by atoms with E-state index in [0.29, 0.717) is 17.0 Å². The van der Waals surface area contributed by atoms with Crippen LogP contribution < -0.4 is 10.6 Å². The van der Waals surface area contributed by atoms with Crippen molar-refractivity contribution in [1.29, 1.82) is 0 Å². The van der Waals surface area contributed by atoms with Crippen LogP contribution in [0.15, 0.2) is 42.2 Å². The molecule has 1 fully saturated rings. The van der Waals surface area contributed by atoms with Crippen LogP contribution in [0.3, 0.4) is 0 Å². The number of carboxylic acid groups (broad SMARTS) is 1. The molecule has 10 nitrogen and oxygen atoms in total. The molecule has 4 rings (SSSR count). The van der Waals surface area contributed by atoms with Crippen molar-refractivity contribution in [2.45, 2.75) is 37.5 Å². The van der Waals surface area contributed by atoms with Crippen molar-refractivity contribution in [1.82, 2.24) is 20.3 Å². The number of amides is 2. The first-order valence-electron chi connectivity index (χ1n) is 10.0. The van der Waals surface area contributed by atoms with Crippen molar-refractivity contribution in [3.8, 4) is 11.3 Å². The Morgan fingerprint density at radius 2 is 2.09 bits per heavy atom. The lowest BCUT2D eigenvalue weighted by Crippen LogP contribution is -2.48. The SMILES string of the molecule is CCC1(C(=O)O)OC1C(=O)NC(Cc1c[nH]cn1)C(=O)Nc1nc(-c2ccc(F)cc2)cs1. The van der Waals surface area contributed by atoms with Gasteiger partial charge >= 0.3 is 5.97 Å². The van der Waals surface area contributed by atoms with Gasteiger partial charge in [0.2, 0.25) is 11.5 Å². The molecule has 1 aliphatic heterocycles. The van der Waals surface area contributed by atoms with Crippen LogP contribution in [0.5, 0.6) is 0 Å². The minimum Gasteiger partial charge on any atom is -0.479 e. The number of epoxide rings is 1. The number of nitrogens with zero attached hydrogens (tertiary/aromatic N) is 2. The van der Waals surface area contributed by atoms with Crippen LogP contribution in [0.25, 0.3) is 11.3 Å². The van der Waals surface area contributed by atoms with Gasteiger partial charge in [0.05, 0.1) is 17.7 Å². The van der Waals surface area contributed by atoms with E-state index in [1.807, 2.05) is 0 Å². The third-order valence-electron chi connectivity index (χ3n) is 5.30. The Bertz CT molecular complexity index is 1170. The number of carbonyl (C=O) groups excluding carboxylic acids is 2. The van der Waals surface area contributed by atoms with Gasteiger partial charge in [0.15, 0.2) is 11.2 Å². The smallest absolute Gasteiger partial charge is 0.339 e. The van der Waals surface area contributed by atoms with Crippen LogP contribution in [0, 0.1) is 5.82 Å². The first-order valence-corrected chi connectivity index (χ1v) is 10.9. The number of rotatable bonds is 9. The molecule has 2 amide bonds. The number of anilines is 1. The van der Waals surface area contributed by atoms with Crippen molar-refractivity contribution >= 4 is 34.3 Å². The Kier molecular flexibility index (Phi) is 6.20. The fraction of sp³-hybridized carbons (Fsp3) is 0.286. The number of aromatic nitrogens is 3. The normalized spacial score (nSPS) is 20.1. The zero-order chi connectivity index (χ0) is 23.6. The third kappa shape index (κ3) is 4.76. The van der Waals surface area contributed by atoms with Gasteiger partial charge in [-0.2, -0.15) is 0 Å². The van der Waals surface area contributed by atoms with E-state index in [1.165, 1.54) is 29.8 Å². The molecule has 0 radical (unpaired) electrons. The van der Waals surface area contributed by atoms with Crippen LogP contribution in [-0.4, -0.2) is 55.6 Å². The molecule has 172 valence electrons. The summed E-state index contributed by atoms with van der Waals surface area (Å²) in [6.45, 7) is 1.61. The van der Waals surface area contributed by atoms with Crippen molar-refractivity contribution < 1.29 is 28.6 Å². The van der Waals surface area contributed by atoms with Crippen LogP contribution in [-0.2, 0) is 25.5 Å². The lowest BCUT2D eigenvalue weighted by molar-refractivity contribution is -0.143. The maximum atomic E-state index is 13.1. The van der Waals surface area contributed by atoms with E-state index < -0.39 is 35.5 Å². The van der Waals surface area contributed by atoms with Gasteiger partial charge in [-0.05, 0) is 30.7 Å². The Labute approximate surface area is 191 Å². The highest BCUT2D eigenvalue weighted by molar-refractivity contribution is 7.14. The first kappa shape index (κ1) is 22.6. The number of carboxylic acids is 1. The van der Waals surface area contributed by atoms with Gasteiger partial charge in [0, 0.05) is 23.6 Å². The highest BCUT2D eigenvalue weighted by Crippen LogP contribution is 2.40. The second-order valence-electron chi connectivity index (χ2n) is 7.41. The summed E-state index contributed by atoms with van der Waals surface area (Å²) in [5, 5.41) is 16.6. The van der Waals surface area contributed by atoms with Crippen molar-refractivity contribution in [2.24, 2.45) is 0 Å². The second kappa shape index (κ2) is 9.08. The Hall–Kier alpha value is -3.64. The highest BCUT2D eigenvalue weighted by atomic mass is 32.1. The Balaban J connectivity index is 1.47. The Morgan fingerprint density at radius 3 is 2.70 bits per heavy atom. The van der Waals surface area contributed by atoms with E-state index in [9.17, 15) is 23.9 Å². The number of aromatic amines is 1. The van der Waals surface area contributed by atoms with Gasteiger partial charge in [-0.3, -0.25) is 9.59 Å². The number of hydrogen-bond donors (Lipinski definition) is 4. The largest absolute Gasteiger partial charge is 0.479 e. The molecule has 33 heavy (non-hydrogen) atoms. The van der Waals surface area contributed by atoms with E-state index >= 15 is 0 Å². The number of H-pyrrole nitrogens is 1. The summed E-state index contributed by atoms with van der Waals surface area (Å²) in [6.07, 6.45) is 2.03. The molecule has 3 atom stereocenters. The molecule has 3 heterocycles. The number of imidazole rings is 1. The summed E-state index contributed by atoms with van der Waals surface area (Å²) in [6, 6.07) is 4.74. The number of carbonyl (C=O) groups is 3. The first-order chi connectivity index (χ1) is 15.8. The van der Waals surface area contributed by atoms with Gasteiger partial charge < -0.3 is 25.5 Å². The number of benzene rings is 1. The molecule has 0 bridgehead atoms. The van der Waals surface area contributed by atoms with E-state index in [4.69, 9.17) is 4.74 Å². The second-order valence-corrected chi connectivity index (χ2v) is 8.26. The molecule has 3 aromatic rings. The number of aliphatic carboxylic acids is 1. The summed E-state index contributed by atoms with van der Waals surface area (Å²) < 4.78 is 18.3. The van der Waals surface area contributed by atoms with Crippen molar-refractivity contribution in [2.75, 3.05) is 5.32 Å². The molecule has 0 aliphatic carbocycles. The van der Waals surface area contributed by atoms with E-state index in [-0.39, 0.29) is 23.8 Å². The Morgan fingerprint density at radius 1 is 1.33 bits per heavy atom. The minimum atomic E-state index is -1.57. The maximum absolute atomic E-state index is 13.1. The number of thiazole rings is 1. The molecule has 2 aromatic heterocycles. The van der Waals surface area contributed by atoms with Crippen LogP contribution in [0.4, 0.5) is 9.52 Å². The summed E-state index contributed by atoms with van der Waals surface area (Å²) in [5.74, 6) is -2.84. The lowest BCUT2D eigenvalue weighted by Gasteiger charge is -2.16. The highest BCUT2D eigenvalue weighted by Gasteiger charge is 2.65. The number of ether oxygens (including phenoxy) is 1. The molecule has 0 spiro atoms. The van der Waals surface area contributed by atoms with E-state index in [2.05, 4.69) is 25.6 Å². The fourth-order valence-corrected chi connectivity index (χ4v) is 4.09. The average Bonchev–Trinajstić information content (AvgIpc) is 3.07. The number of hydrogen-bond acceptors (Lipinski definition) is 7. The zero-order valence-electron chi connectivity index (χ0n) is 17.4. The van der Waals surface area contributed by atoms with Crippen LogP contribution >= 0.6 is 11.3 Å². The van der Waals surface area contributed by atoms with Gasteiger partial charge in [0.25, 0.3) is 5.91 Å². The maximum Gasteiger partial charge on any atom is 0.339 e. The predicted octanol–water partition coefficient (Wildman–Crippen LogP) is 1.97. The number of halogens is 1. The summed E-state index contributed by atoms with van der Waals surface area (Å²) in [5.41, 5.74) is 0.198. The number of nitrogens with one attached hydrogen (secondary N) is 3. The monoisotopic (exact) mass is 473 g/mol. The van der Waals surface area contributed by atoms with Crippen LogP contribution in [0.2, 0.25) is 0 Å². The minimum absolute atomic E-state index is 0.0657. The average molecular weight is 473 g/mol. The van der Waals surface area contributed by atoms with Crippen molar-refractivity contribution in [3.63, 3.8) is 0 Å². The van der Waals surface area contributed by atoms with Gasteiger partial charge in [-0.25, -0.2) is 19.2 Å². The lowest BCUT2D eigenvalue weighted by atomic mass is 10.0. The molecular formula is C21H20FN5O5S. The molecule has 0 saturated carbocycles. The molecule has 1 aromatic carbocycles. The summed E-state index contributed by atoms with van der Waals surface area (Å²) in [7, 11) is 0. The standard InChI is InChI=1S/C21H20FN5O5S/c1-2-21(19(30)31)16(32-21)18(29)25-14(7-13-8-23-10-24-13)17(28)27-20-26-15(9-33-20)11-3-5-12(22)6-4-11/h3-6,8-10,14,16H,2,7H2,1H3,(H,23,24)(H,25,29)(H,30,31)(H,26,27,28). The topological polar surface area (TPSA) is 150 Å². The fourth-order valence-electron chi connectivity index (χ4n) is 3.37. The predicted molar refractivity (Wildman–Crippen MR) is 116 cm³/mol. The van der Waals surface area contributed by atoms with Gasteiger partial charge in [-0.15, -0.1) is 11.3 Å². The van der Waals surface area contributed by atoms with Gasteiger partial charge in [-0.1, -0.05) is 6.92 Å². The molecule has 3 unspecified atom stereocenters. The molecule has 1 aliphatic rings. The van der Waals surface area contributed by atoms with E-state index in [0.717, 1.165) is 0 Å². The zero-order valence-corrected chi connectivity index (χ0v) is 18.2. The molecule has 1 saturated heterocycles. The van der Waals surface area contributed by atoms with Gasteiger partial charge in [0.1, 0.15) is 11.9 Å². The molecule has 4 N–H and O–H groups in total.